The molecule has 1 amide bonds. The van der Waals surface area contributed by atoms with Crippen LogP contribution in [-0.2, 0) is 11.3 Å². The molecule has 0 unspecified atom stereocenters. The minimum Gasteiger partial charge on any atom is -0.445 e. The minimum absolute atomic E-state index is 0.227. The van der Waals surface area contributed by atoms with Gasteiger partial charge in [0.2, 0.25) is 0 Å². The highest BCUT2D eigenvalue weighted by molar-refractivity contribution is 5.67. The van der Waals surface area contributed by atoms with E-state index in [0.29, 0.717) is 19.7 Å². The summed E-state index contributed by atoms with van der Waals surface area (Å²) in [4.78, 5) is 14.4. The summed E-state index contributed by atoms with van der Waals surface area (Å²) in [5.41, 5.74) is 12.1. The molecule has 6 N–H and O–H groups in total. The van der Waals surface area contributed by atoms with E-state index in [1.54, 1.807) is 0 Å². The van der Waals surface area contributed by atoms with Gasteiger partial charge in [0, 0.05) is 13.1 Å². The quantitative estimate of drug-likeness (QED) is 0.256. The number of unbranched alkanes of at least 4 members (excludes halogenated alkanes) is 3. The van der Waals surface area contributed by atoms with E-state index < -0.39 is 0 Å². The molecule has 0 aliphatic carbocycles. The molecule has 1 rings (SSSR count). The predicted octanol–water partition coefficient (Wildman–Crippen LogP) is 2.45. The molecule has 1 aromatic rings. The summed E-state index contributed by atoms with van der Waals surface area (Å²) in [5, 5.41) is 6.87. The van der Waals surface area contributed by atoms with Gasteiger partial charge in [-0.15, -0.1) is 0 Å². The van der Waals surface area contributed by atoms with Crippen LogP contribution in [0.1, 0.15) is 50.5 Å². The van der Waals surface area contributed by atoms with Crippen molar-refractivity contribution in [3.63, 3.8) is 0 Å². The van der Waals surface area contributed by atoms with Crippen molar-refractivity contribution in [1.29, 1.82) is 0 Å². The molecule has 0 aliphatic heterocycles. The number of ether oxygens (including phenoxy) is 1. The Morgan fingerprint density at radius 3 is 2.03 bits per heavy atom. The SMILES string of the molecule is NCCCCCN(CCCNCCCCNCCCN)C(=O)OCc1ccccc1. The third-order valence-corrected chi connectivity index (χ3v) is 4.89. The van der Waals surface area contributed by atoms with Crippen molar-refractivity contribution >= 4 is 6.09 Å². The van der Waals surface area contributed by atoms with Crippen molar-refractivity contribution in [1.82, 2.24) is 15.5 Å². The highest BCUT2D eigenvalue weighted by atomic mass is 16.6. The van der Waals surface area contributed by atoms with Gasteiger partial charge in [-0.1, -0.05) is 36.8 Å². The molecule has 0 aromatic heterocycles. The average molecular weight is 422 g/mol. The van der Waals surface area contributed by atoms with Gasteiger partial charge in [-0.3, -0.25) is 0 Å². The van der Waals surface area contributed by atoms with Crippen LogP contribution in [0.15, 0.2) is 30.3 Å². The first-order chi connectivity index (χ1) is 14.8. The van der Waals surface area contributed by atoms with E-state index in [2.05, 4.69) is 10.6 Å². The van der Waals surface area contributed by atoms with E-state index >= 15 is 0 Å². The van der Waals surface area contributed by atoms with Crippen LogP contribution < -0.4 is 22.1 Å². The zero-order chi connectivity index (χ0) is 21.7. The summed E-state index contributed by atoms with van der Waals surface area (Å²) < 4.78 is 5.52. The van der Waals surface area contributed by atoms with Gasteiger partial charge in [-0.25, -0.2) is 4.79 Å². The molecule has 30 heavy (non-hydrogen) atoms. The van der Waals surface area contributed by atoms with Crippen molar-refractivity contribution < 1.29 is 9.53 Å². The number of nitrogens with one attached hydrogen (secondary N) is 2. The van der Waals surface area contributed by atoms with Crippen molar-refractivity contribution in [3.05, 3.63) is 35.9 Å². The van der Waals surface area contributed by atoms with Gasteiger partial charge in [-0.2, -0.15) is 0 Å². The topological polar surface area (TPSA) is 106 Å². The van der Waals surface area contributed by atoms with Gasteiger partial charge >= 0.3 is 6.09 Å². The predicted molar refractivity (Wildman–Crippen MR) is 124 cm³/mol. The molecular weight excluding hydrogens is 378 g/mol. The van der Waals surface area contributed by atoms with Gasteiger partial charge in [0.25, 0.3) is 0 Å². The van der Waals surface area contributed by atoms with Gasteiger partial charge in [0.15, 0.2) is 0 Å². The number of benzene rings is 1. The maximum absolute atomic E-state index is 12.5. The summed E-state index contributed by atoms with van der Waals surface area (Å²) >= 11 is 0. The summed E-state index contributed by atoms with van der Waals surface area (Å²) in [7, 11) is 0. The Hall–Kier alpha value is -1.67. The largest absolute Gasteiger partial charge is 0.445 e. The number of carbonyl (C=O) groups excluding carboxylic acids is 1. The number of carbonyl (C=O) groups is 1. The minimum atomic E-state index is -0.227. The van der Waals surface area contributed by atoms with Gasteiger partial charge in [0.1, 0.15) is 6.61 Å². The third kappa shape index (κ3) is 14.3. The first-order valence-electron chi connectivity index (χ1n) is 11.5. The van der Waals surface area contributed by atoms with E-state index in [0.717, 1.165) is 89.8 Å². The standard InChI is InChI=1S/C23H43N5O2/c24-13-5-2-8-19-28(23(29)30-21-22-11-3-1-4-12-22)20-10-18-27-16-7-6-15-26-17-9-14-25/h1,3-4,11-12,26-27H,2,5-10,13-21,24-25H2. The van der Waals surface area contributed by atoms with Crippen molar-refractivity contribution in [2.24, 2.45) is 11.5 Å². The number of hydrogen-bond donors (Lipinski definition) is 4. The number of nitrogens with two attached hydrogens (primary N) is 2. The van der Waals surface area contributed by atoms with Crippen LogP contribution in [0, 0.1) is 0 Å². The smallest absolute Gasteiger partial charge is 0.410 e. The van der Waals surface area contributed by atoms with Gasteiger partial charge in [0.05, 0.1) is 0 Å². The second kappa shape index (κ2) is 19.3. The molecule has 0 bridgehead atoms. The average Bonchev–Trinajstić information content (AvgIpc) is 2.78. The monoisotopic (exact) mass is 421 g/mol. The summed E-state index contributed by atoms with van der Waals surface area (Å²) in [6, 6.07) is 9.80. The first kappa shape index (κ1) is 26.4. The Morgan fingerprint density at radius 2 is 1.37 bits per heavy atom. The maximum atomic E-state index is 12.5. The number of rotatable bonds is 19. The second-order valence-electron chi connectivity index (χ2n) is 7.58. The molecule has 7 nitrogen and oxygen atoms in total. The number of hydrogen-bond acceptors (Lipinski definition) is 6. The Labute approximate surface area is 182 Å². The van der Waals surface area contributed by atoms with Crippen LogP contribution in [0.4, 0.5) is 4.79 Å². The molecule has 0 saturated heterocycles. The molecule has 0 atom stereocenters. The number of amides is 1. The summed E-state index contributed by atoms with van der Waals surface area (Å²) in [6.07, 6.45) is 7.04. The van der Waals surface area contributed by atoms with Crippen molar-refractivity contribution in [2.75, 3.05) is 52.4 Å². The molecule has 0 fully saturated rings. The fraction of sp³-hybridized carbons (Fsp3) is 0.696. The van der Waals surface area contributed by atoms with Gasteiger partial charge in [-0.05, 0) is 83.4 Å². The fourth-order valence-electron chi connectivity index (χ4n) is 3.10. The van der Waals surface area contributed by atoms with Crippen LogP contribution in [0.5, 0.6) is 0 Å². The lowest BCUT2D eigenvalue weighted by atomic mass is 10.2. The maximum Gasteiger partial charge on any atom is 0.410 e. The highest BCUT2D eigenvalue weighted by Crippen LogP contribution is 2.06. The molecule has 1 aromatic carbocycles. The van der Waals surface area contributed by atoms with Crippen LogP contribution in [0.3, 0.4) is 0 Å². The lowest BCUT2D eigenvalue weighted by Crippen LogP contribution is -2.35. The van der Waals surface area contributed by atoms with E-state index in [1.807, 2.05) is 35.2 Å². The molecule has 172 valence electrons. The van der Waals surface area contributed by atoms with E-state index in [9.17, 15) is 4.79 Å². The third-order valence-electron chi connectivity index (χ3n) is 4.89. The van der Waals surface area contributed by atoms with Crippen LogP contribution in [-0.4, -0.2) is 63.4 Å². The lowest BCUT2D eigenvalue weighted by molar-refractivity contribution is 0.0950. The van der Waals surface area contributed by atoms with Crippen LogP contribution in [0.2, 0.25) is 0 Å². The molecule has 0 saturated carbocycles. The van der Waals surface area contributed by atoms with E-state index in [4.69, 9.17) is 16.2 Å². The normalized spacial score (nSPS) is 10.9. The zero-order valence-electron chi connectivity index (χ0n) is 18.6. The van der Waals surface area contributed by atoms with Crippen molar-refractivity contribution in [3.8, 4) is 0 Å². The Kier molecular flexibility index (Phi) is 17.0. The Bertz CT molecular complexity index is 516. The molecule has 7 heteroatoms. The first-order valence-corrected chi connectivity index (χ1v) is 11.5. The van der Waals surface area contributed by atoms with Crippen LogP contribution >= 0.6 is 0 Å². The summed E-state index contributed by atoms with van der Waals surface area (Å²) in [5.74, 6) is 0. The molecular formula is C23H43N5O2. The van der Waals surface area contributed by atoms with Crippen molar-refractivity contribution in [2.45, 2.75) is 51.6 Å². The number of nitrogens with zero attached hydrogens (tertiary/aromatic N) is 1. The molecule has 0 aliphatic rings. The fourth-order valence-corrected chi connectivity index (χ4v) is 3.10. The molecule has 0 spiro atoms. The highest BCUT2D eigenvalue weighted by Gasteiger charge is 2.14. The van der Waals surface area contributed by atoms with Crippen LogP contribution in [0.25, 0.3) is 0 Å². The van der Waals surface area contributed by atoms with E-state index in [-0.39, 0.29) is 6.09 Å². The zero-order valence-corrected chi connectivity index (χ0v) is 18.6. The Morgan fingerprint density at radius 1 is 0.767 bits per heavy atom. The second-order valence-corrected chi connectivity index (χ2v) is 7.58. The molecule has 0 heterocycles. The lowest BCUT2D eigenvalue weighted by Gasteiger charge is -2.22. The van der Waals surface area contributed by atoms with Gasteiger partial charge < -0.3 is 31.7 Å². The molecule has 0 radical (unpaired) electrons. The summed E-state index contributed by atoms with van der Waals surface area (Å²) in [6.45, 7) is 7.17. The van der Waals surface area contributed by atoms with E-state index in [1.165, 1.54) is 0 Å². The Balaban J connectivity index is 2.19.